The van der Waals surface area contributed by atoms with Gasteiger partial charge in [-0.15, -0.1) is 0 Å². The van der Waals surface area contributed by atoms with Crippen LogP contribution in [0.25, 0.3) is 0 Å². The van der Waals surface area contributed by atoms with Gasteiger partial charge < -0.3 is 14.4 Å². The fraction of sp³-hybridized carbons (Fsp3) is 0.474. The molecule has 2 aliphatic rings. The first-order chi connectivity index (χ1) is 12.7. The summed E-state index contributed by atoms with van der Waals surface area (Å²) in [4.78, 5) is 26.6. The number of carbonyl (C=O) groups is 1. The van der Waals surface area contributed by atoms with Crippen LogP contribution in [0.4, 0.5) is 0 Å². The fourth-order valence-electron chi connectivity index (χ4n) is 3.61. The van der Waals surface area contributed by atoms with Crippen LogP contribution in [0.15, 0.2) is 42.9 Å². The van der Waals surface area contributed by atoms with E-state index in [0.29, 0.717) is 26.3 Å². The SMILES string of the molecule is O=C(c1ncccn1)N1CCC2(CC1)C[C@H](OCc1ccccn1)CO2. The monoisotopic (exact) mass is 354 g/mol. The van der Waals surface area contributed by atoms with E-state index in [2.05, 4.69) is 15.0 Å². The predicted octanol–water partition coefficient (Wildman–Crippen LogP) is 1.85. The highest BCUT2D eigenvalue weighted by atomic mass is 16.6. The average molecular weight is 354 g/mol. The number of amides is 1. The highest BCUT2D eigenvalue weighted by molar-refractivity contribution is 5.90. The molecule has 0 N–H and O–H groups in total. The molecule has 26 heavy (non-hydrogen) atoms. The Bertz CT molecular complexity index is 733. The molecule has 7 nitrogen and oxygen atoms in total. The summed E-state index contributed by atoms with van der Waals surface area (Å²) in [7, 11) is 0. The van der Waals surface area contributed by atoms with Crippen LogP contribution in [0.3, 0.4) is 0 Å². The summed E-state index contributed by atoms with van der Waals surface area (Å²) in [6.45, 7) is 2.41. The molecule has 1 amide bonds. The maximum atomic E-state index is 12.5. The first-order valence-corrected chi connectivity index (χ1v) is 8.96. The minimum Gasteiger partial charge on any atom is -0.372 e. The number of likely N-dealkylation sites (tertiary alicyclic amines) is 1. The van der Waals surface area contributed by atoms with E-state index < -0.39 is 0 Å². The van der Waals surface area contributed by atoms with Crippen molar-refractivity contribution >= 4 is 5.91 Å². The third-order valence-corrected chi connectivity index (χ3v) is 5.09. The Morgan fingerprint density at radius 1 is 1.15 bits per heavy atom. The van der Waals surface area contributed by atoms with Crippen molar-refractivity contribution in [3.8, 4) is 0 Å². The maximum Gasteiger partial charge on any atom is 0.291 e. The first-order valence-electron chi connectivity index (χ1n) is 8.96. The van der Waals surface area contributed by atoms with Gasteiger partial charge in [0.1, 0.15) is 0 Å². The molecule has 0 bridgehead atoms. The van der Waals surface area contributed by atoms with Crippen LogP contribution in [0.1, 0.15) is 35.6 Å². The van der Waals surface area contributed by atoms with Crippen molar-refractivity contribution in [3.05, 3.63) is 54.4 Å². The first kappa shape index (κ1) is 17.1. The molecule has 2 aliphatic heterocycles. The molecule has 4 heterocycles. The maximum absolute atomic E-state index is 12.5. The van der Waals surface area contributed by atoms with Gasteiger partial charge >= 0.3 is 0 Å². The van der Waals surface area contributed by atoms with Gasteiger partial charge in [0.2, 0.25) is 5.82 Å². The number of aromatic nitrogens is 3. The van der Waals surface area contributed by atoms with Crippen LogP contribution in [0, 0.1) is 0 Å². The normalized spacial score (nSPS) is 21.8. The van der Waals surface area contributed by atoms with Gasteiger partial charge in [-0.05, 0) is 31.0 Å². The second-order valence-electron chi connectivity index (χ2n) is 6.82. The van der Waals surface area contributed by atoms with Crippen molar-refractivity contribution in [2.45, 2.75) is 37.6 Å². The topological polar surface area (TPSA) is 77.4 Å². The molecule has 2 aromatic heterocycles. The molecule has 7 heteroatoms. The minimum atomic E-state index is -0.177. The molecule has 1 spiro atoms. The fourth-order valence-corrected chi connectivity index (χ4v) is 3.61. The molecule has 136 valence electrons. The van der Waals surface area contributed by atoms with E-state index in [-0.39, 0.29) is 23.4 Å². The van der Waals surface area contributed by atoms with Gasteiger partial charge in [-0.25, -0.2) is 9.97 Å². The van der Waals surface area contributed by atoms with Crippen molar-refractivity contribution in [2.75, 3.05) is 19.7 Å². The molecule has 4 rings (SSSR count). The zero-order chi connectivity index (χ0) is 17.8. The van der Waals surface area contributed by atoms with E-state index in [1.165, 1.54) is 0 Å². The highest BCUT2D eigenvalue weighted by Crippen LogP contribution is 2.37. The lowest BCUT2D eigenvalue weighted by atomic mass is 9.88. The van der Waals surface area contributed by atoms with Gasteiger partial charge in [-0.3, -0.25) is 9.78 Å². The summed E-state index contributed by atoms with van der Waals surface area (Å²) in [5.41, 5.74) is 0.750. The van der Waals surface area contributed by atoms with Gasteiger partial charge in [0.15, 0.2) is 0 Å². The molecule has 0 saturated carbocycles. The largest absolute Gasteiger partial charge is 0.372 e. The lowest BCUT2D eigenvalue weighted by Crippen LogP contribution is -2.47. The Kier molecular flexibility index (Phi) is 4.90. The summed E-state index contributed by atoms with van der Waals surface area (Å²) >= 11 is 0. The van der Waals surface area contributed by atoms with Gasteiger partial charge in [0.05, 0.1) is 30.6 Å². The number of ether oxygens (including phenoxy) is 2. The van der Waals surface area contributed by atoms with Crippen LogP contribution in [-0.2, 0) is 16.1 Å². The predicted molar refractivity (Wildman–Crippen MR) is 93.3 cm³/mol. The summed E-state index contributed by atoms with van der Waals surface area (Å²) in [6.07, 6.45) is 7.53. The second-order valence-corrected chi connectivity index (χ2v) is 6.82. The number of nitrogens with zero attached hydrogens (tertiary/aromatic N) is 4. The van der Waals surface area contributed by atoms with E-state index >= 15 is 0 Å². The van der Waals surface area contributed by atoms with E-state index in [0.717, 1.165) is 25.0 Å². The second kappa shape index (κ2) is 7.47. The van der Waals surface area contributed by atoms with Gasteiger partial charge in [0.25, 0.3) is 5.91 Å². The third kappa shape index (κ3) is 3.73. The number of hydrogen-bond donors (Lipinski definition) is 0. The third-order valence-electron chi connectivity index (χ3n) is 5.09. The molecule has 2 aromatic rings. The van der Waals surface area contributed by atoms with Crippen molar-refractivity contribution in [1.82, 2.24) is 19.9 Å². The van der Waals surface area contributed by atoms with Crippen LogP contribution in [0.5, 0.6) is 0 Å². The van der Waals surface area contributed by atoms with E-state index in [1.54, 1.807) is 24.7 Å². The number of piperidine rings is 1. The molecular weight excluding hydrogens is 332 g/mol. The van der Waals surface area contributed by atoms with Gasteiger partial charge in [-0.2, -0.15) is 0 Å². The van der Waals surface area contributed by atoms with Crippen molar-refractivity contribution in [3.63, 3.8) is 0 Å². The number of hydrogen-bond acceptors (Lipinski definition) is 6. The Labute approximate surface area is 152 Å². The van der Waals surface area contributed by atoms with E-state index in [4.69, 9.17) is 9.47 Å². The summed E-state index contributed by atoms with van der Waals surface area (Å²) in [5.74, 6) is 0.147. The number of pyridine rings is 1. The van der Waals surface area contributed by atoms with Crippen molar-refractivity contribution in [2.24, 2.45) is 0 Å². The highest BCUT2D eigenvalue weighted by Gasteiger charge is 2.44. The zero-order valence-electron chi connectivity index (χ0n) is 14.6. The van der Waals surface area contributed by atoms with Crippen LogP contribution in [0.2, 0.25) is 0 Å². The van der Waals surface area contributed by atoms with Crippen LogP contribution in [-0.4, -0.2) is 57.2 Å². The molecular formula is C19H22N4O3. The molecule has 0 aliphatic carbocycles. The van der Waals surface area contributed by atoms with Gasteiger partial charge in [-0.1, -0.05) is 6.07 Å². The Morgan fingerprint density at radius 2 is 1.92 bits per heavy atom. The molecule has 0 radical (unpaired) electrons. The number of carbonyl (C=O) groups excluding carboxylic acids is 1. The molecule has 1 atom stereocenters. The molecule has 0 unspecified atom stereocenters. The lowest BCUT2D eigenvalue weighted by Gasteiger charge is -2.38. The van der Waals surface area contributed by atoms with Crippen LogP contribution < -0.4 is 0 Å². The molecule has 2 fully saturated rings. The number of rotatable bonds is 4. The summed E-state index contributed by atoms with van der Waals surface area (Å²) in [6, 6.07) is 7.52. The van der Waals surface area contributed by atoms with E-state index in [1.807, 2.05) is 23.1 Å². The average Bonchev–Trinajstić information content (AvgIpc) is 3.10. The Morgan fingerprint density at radius 3 is 2.65 bits per heavy atom. The van der Waals surface area contributed by atoms with Crippen molar-refractivity contribution < 1.29 is 14.3 Å². The molecule has 0 aromatic carbocycles. The smallest absolute Gasteiger partial charge is 0.291 e. The zero-order valence-corrected chi connectivity index (χ0v) is 14.6. The summed E-state index contributed by atoms with van der Waals surface area (Å²) in [5, 5.41) is 0. The molecule has 2 saturated heterocycles. The summed E-state index contributed by atoms with van der Waals surface area (Å²) < 4.78 is 12.1. The van der Waals surface area contributed by atoms with E-state index in [9.17, 15) is 4.79 Å². The lowest BCUT2D eigenvalue weighted by molar-refractivity contribution is -0.0414. The minimum absolute atomic E-state index is 0.0803. The van der Waals surface area contributed by atoms with Gasteiger partial charge in [0, 0.05) is 38.1 Å². The standard InChI is InChI=1S/C19H22N4O3/c24-18(17-21-8-3-9-22-17)23-10-5-19(6-11-23)12-16(14-26-19)25-13-15-4-1-2-7-20-15/h1-4,7-9,16H,5-6,10-14H2/t16-/m0/s1. The van der Waals surface area contributed by atoms with Crippen molar-refractivity contribution in [1.29, 1.82) is 0 Å². The Hall–Kier alpha value is -2.38. The quantitative estimate of drug-likeness (QED) is 0.834. The van der Waals surface area contributed by atoms with Crippen LogP contribution >= 0.6 is 0 Å². The Balaban J connectivity index is 1.28.